The van der Waals surface area contributed by atoms with E-state index in [9.17, 15) is 0 Å². The molecule has 0 unspecified atom stereocenters. The Labute approximate surface area is 131 Å². The van der Waals surface area contributed by atoms with Crippen molar-refractivity contribution in [3.8, 4) is 0 Å². The van der Waals surface area contributed by atoms with E-state index in [0.29, 0.717) is 0 Å². The van der Waals surface area contributed by atoms with E-state index >= 15 is 0 Å². The molecular formula is C18H24N4. The number of rotatable bonds is 4. The second kappa shape index (κ2) is 5.61. The number of H-pyrrole nitrogens is 1. The van der Waals surface area contributed by atoms with E-state index in [4.69, 9.17) is 0 Å². The van der Waals surface area contributed by atoms with Crippen molar-refractivity contribution < 1.29 is 0 Å². The summed E-state index contributed by atoms with van der Waals surface area (Å²) >= 11 is 0. The lowest BCUT2D eigenvalue weighted by atomic mass is 10.1. The minimum absolute atomic E-state index is 0.134. The van der Waals surface area contributed by atoms with Crippen LogP contribution in [0.5, 0.6) is 0 Å². The van der Waals surface area contributed by atoms with E-state index in [1.807, 2.05) is 18.2 Å². The van der Waals surface area contributed by atoms with Crippen molar-refractivity contribution in [3.05, 3.63) is 54.1 Å². The summed E-state index contributed by atoms with van der Waals surface area (Å²) in [5.41, 5.74) is 3.60. The van der Waals surface area contributed by atoms with Crippen LogP contribution in [0.3, 0.4) is 0 Å². The van der Waals surface area contributed by atoms with Gasteiger partial charge in [-0.1, -0.05) is 12.1 Å². The largest absolute Gasteiger partial charge is 0.349 e. The number of para-hydroxylation sites is 2. The van der Waals surface area contributed by atoms with Gasteiger partial charge in [-0.2, -0.15) is 0 Å². The van der Waals surface area contributed by atoms with Gasteiger partial charge in [-0.3, -0.25) is 4.90 Å². The molecule has 22 heavy (non-hydrogen) atoms. The first kappa shape index (κ1) is 14.9. The zero-order valence-electron chi connectivity index (χ0n) is 13.8. The molecule has 0 fully saturated rings. The molecule has 0 saturated heterocycles. The standard InChI is InChI=1S/C18H24N4/c1-18(2,3)22-10-9-14(12-22)11-21(4)13-17-19-15-7-5-6-8-16(15)20-17/h5-10,12H,11,13H2,1-4H3,(H,19,20). The van der Waals surface area contributed by atoms with Crippen LogP contribution < -0.4 is 0 Å². The summed E-state index contributed by atoms with van der Waals surface area (Å²) in [4.78, 5) is 10.3. The summed E-state index contributed by atoms with van der Waals surface area (Å²) in [5.74, 6) is 1.01. The van der Waals surface area contributed by atoms with Crippen LogP contribution in [0.2, 0.25) is 0 Å². The van der Waals surface area contributed by atoms with Crippen LogP contribution in [0.1, 0.15) is 32.2 Å². The second-order valence-electron chi connectivity index (χ2n) is 6.97. The van der Waals surface area contributed by atoms with Gasteiger partial charge in [-0.05, 0) is 51.6 Å². The zero-order chi connectivity index (χ0) is 15.7. The average molecular weight is 296 g/mol. The predicted octanol–water partition coefficient (Wildman–Crippen LogP) is 3.75. The first-order chi connectivity index (χ1) is 10.4. The molecule has 4 nitrogen and oxygen atoms in total. The number of aromatic amines is 1. The third-order valence-electron chi connectivity index (χ3n) is 3.84. The molecule has 0 aliphatic rings. The molecule has 0 aliphatic carbocycles. The highest BCUT2D eigenvalue weighted by molar-refractivity contribution is 5.74. The summed E-state index contributed by atoms with van der Waals surface area (Å²) in [5, 5.41) is 0. The molecule has 1 aromatic carbocycles. The summed E-state index contributed by atoms with van der Waals surface area (Å²) in [6.07, 6.45) is 4.39. The van der Waals surface area contributed by atoms with Gasteiger partial charge in [0.15, 0.2) is 0 Å². The normalized spacial score (nSPS) is 12.4. The van der Waals surface area contributed by atoms with Gasteiger partial charge < -0.3 is 9.55 Å². The van der Waals surface area contributed by atoms with Crippen LogP contribution in [0.4, 0.5) is 0 Å². The fraction of sp³-hybridized carbons (Fsp3) is 0.389. The Balaban J connectivity index is 1.67. The number of aromatic nitrogens is 3. The summed E-state index contributed by atoms with van der Waals surface area (Å²) in [7, 11) is 2.13. The number of nitrogens with one attached hydrogen (secondary N) is 1. The highest BCUT2D eigenvalue weighted by atomic mass is 15.1. The van der Waals surface area contributed by atoms with Crippen LogP contribution in [0.15, 0.2) is 42.7 Å². The van der Waals surface area contributed by atoms with Gasteiger partial charge in [0, 0.05) is 24.5 Å². The van der Waals surface area contributed by atoms with Gasteiger partial charge in [-0.25, -0.2) is 4.98 Å². The Morgan fingerprint density at radius 2 is 1.91 bits per heavy atom. The molecular weight excluding hydrogens is 272 g/mol. The van der Waals surface area contributed by atoms with Crippen molar-refractivity contribution in [1.29, 1.82) is 0 Å². The molecule has 3 rings (SSSR count). The monoisotopic (exact) mass is 296 g/mol. The molecule has 1 N–H and O–H groups in total. The molecule has 0 bridgehead atoms. The number of hydrogen-bond acceptors (Lipinski definition) is 2. The Kier molecular flexibility index (Phi) is 3.79. The topological polar surface area (TPSA) is 36.9 Å². The number of hydrogen-bond donors (Lipinski definition) is 1. The third kappa shape index (κ3) is 3.22. The van der Waals surface area contributed by atoms with Crippen molar-refractivity contribution in [2.75, 3.05) is 7.05 Å². The molecule has 0 amide bonds. The van der Waals surface area contributed by atoms with Crippen molar-refractivity contribution >= 4 is 11.0 Å². The maximum absolute atomic E-state index is 4.64. The SMILES string of the molecule is CN(Cc1ccn(C(C)(C)C)c1)Cc1nc2ccccc2[nH]1. The Bertz CT molecular complexity index is 728. The van der Waals surface area contributed by atoms with E-state index < -0.39 is 0 Å². The fourth-order valence-electron chi connectivity index (χ4n) is 2.66. The van der Waals surface area contributed by atoms with Crippen LogP contribution in [0, 0.1) is 0 Å². The molecule has 2 heterocycles. The smallest absolute Gasteiger partial charge is 0.121 e. The molecule has 0 radical (unpaired) electrons. The average Bonchev–Trinajstić information content (AvgIpc) is 3.03. The first-order valence-electron chi connectivity index (χ1n) is 7.71. The van der Waals surface area contributed by atoms with E-state index in [1.54, 1.807) is 0 Å². The van der Waals surface area contributed by atoms with Gasteiger partial charge >= 0.3 is 0 Å². The molecule has 3 aromatic rings. The predicted molar refractivity (Wildman–Crippen MR) is 90.7 cm³/mol. The maximum Gasteiger partial charge on any atom is 0.121 e. The lowest BCUT2D eigenvalue weighted by Crippen LogP contribution is -2.20. The number of benzene rings is 1. The van der Waals surface area contributed by atoms with Gasteiger partial charge in [0.1, 0.15) is 5.82 Å². The molecule has 0 atom stereocenters. The van der Waals surface area contributed by atoms with E-state index in [-0.39, 0.29) is 5.54 Å². The van der Waals surface area contributed by atoms with E-state index in [2.05, 4.69) is 71.8 Å². The minimum Gasteiger partial charge on any atom is -0.349 e. The maximum atomic E-state index is 4.64. The molecule has 0 aliphatic heterocycles. The fourth-order valence-corrected chi connectivity index (χ4v) is 2.66. The first-order valence-corrected chi connectivity index (χ1v) is 7.71. The third-order valence-corrected chi connectivity index (χ3v) is 3.84. The van der Waals surface area contributed by atoms with Crippen LogP contribution in [-0.4, -0.2) is 26.5 Å². The zero-order valence-corrected chi connectivity index (χ0v) is 13.8. The number of fused-ring (bicyclic) bond motifs is 1. The van der Waals surface area contributed by atoms with Gasteiger partial charge in [0.2, 0.25) is 0 Å². The van der Waals surface area contributed by atoms with Crippen LogP contribution in [-0.2, 0) is 18.6 Å². The number of nitrogens with zero attached hydrogens (tertiary/aromatic N) is 3. The molecule has 0 saturated carbocycles. The van der Waals surface area contributed by atoms with E-state index in [0.717, 1.165) is 29.9 Å². The van der Waals surface area contributed by atoms with Gasteiger partial charge in [-0.15, -0.1) is 0 Å². The Hall–Kier alpha value is -2.07. The quantitative estimate of drug-likeness (QED) is 0.796. The molecule has 2 aromatic heterocycles. The second-order valence-corrected chi connectivity index (χ2v) is 6.97. The lowest BCUT2D eigenvalue weighted by Gasteiger charge is -2.21. The highest BCUT2D eigenvalue weighted by Gasteiger charge is 2.13. The van der Waals surface area contributed by atoms with Gasteiger partial charge in [0.25, 0.3) is 0 Å². The van der Waals surface area contributed by atoms with Crippen LogP contribution >= 0.6 is 0 Å². The minimum atomic E-state index is 0.134. The molecule has 4 heteroatoms. The van der Waals surface area contributed by atoms with E-state index in [1.165, 1.54) is 5.56 Å². The highest BCUT2D eigenvalue weighted by Crippen LogP contribution is 2.17. The summed E-state index contributed by atoms with van der Waals surface area (Å²) < 4.78 is 2.26. The summed E-state index contributed by atoms with van der Waals surface area (Å²) in [6, 6.07) is 10.4. The summed E-state index contributed by atoms with van der Waals surface area (Å²) in [6.45, 7) is 8.38. The molecule has 0 spiro atoms. The molecule has 116 valence electrons. The van der Waals surface area contributed by atoms with Crippen molar-refractivity contribution in [3.63, 3.8) is 0 Å². The van der Waals surface area contributed by atoms with Crippen molar-refractivity contribution in [1.82, 2.24) is 19.4 Å². The van der Waals surface area contributed by atoms with Crippen molar-refractivity contribution in [2.24, 2.45) is 0 Å². The Morgan fingerprint density at radius 1 is 1.14 bits per heavy atom. The van der Waals surface area contributed by atoms with Crippen molar-refractivity contribution in [2.45, 2.75) is 39.4 Å². The van der Waals surface area contributed by atoms with Gasteiger partial charge in [0.05, 0.1) is 17.6 Å². The van der Waals surface area contributed by atoms with Crippen LogP contribution in [0.25, 0.3) is 11.0 Å². The number of imidazole rings is 1. The lowest BCUT2D eigenvalue weighted by molar-refractivity contribution is 0.311. The Morgan fingerprint density at radius 3 is 2.59 bits per heavy atom.